The summed E-state index contributed by atoms with van der Waals surface area (Å²) in [7, 11) is 0. The number of carbonyl (C=O) groups excluding carboxylic acids is 2. The Morgan fingerprint density at radius 2 is 2.30 bits per heavy atom. The van der Waals surface area contributed by atoms with E-state index in [-0.39, 0.29) is 24.5 Å². The van der Waals surface area contributed by atoms with Crippen molar-refractivity contribution in [2.45, 2.75) is 19.4 Å². The summed E-state index contributed by atoms with van der Waals surface area (Å²) >= 11 is 3.40. The van der Waals surface area contributed by atoms with Crippen molar-refractivity contribution in [1.82, 2.24) is 10.2 Å². The van der Waals surface area contributed by atoms with Gasteiger partial charge in [-0.3, -0.25) is 9.59 Å². The topological polar surface area (TPSA) is 61.9 Å². The van der Waals surface area contributed by atoms with Crippen molar-refractivity contribution in [2.24, 2.45) is 0 Å². The fraction of sp³-hybridized carbons (Fsp3) is 0.500. The van der Waals surface area contributed by atoms with Gasteiger partial charge in [-0.15, -0.1) is 0 Å². The van der Waals surface area contributed by atoms with Gasteiger partial charge in [0.05, 0.1) is 5.69 Å². The van der Waals surface area contributed by atoms with Crippen LogP contribution in [0.25, 0.3) is 0 Å². The molecule has 1 N–H and O–H groups in total. The van der Waals surface area contributed by atoms with Crippen LogP contribution in [0.4, 0.5) is 5.69 Å². The maximum absolute atomic E-state index is 12.4. The summed E-state index contributed by atoms with van der Waals surface area (Å²) in [5.74, 6) is 0.653. The van der Waals surface area contributed by atoms with E-state index < -0.39 is 0 Å². The second kappa shape index (κ2) is 6.88. The van der Waals surface area contributed by atoms with Gasteiger partial charge in [-0.05, 0) is 25.1 Å². The third-order valence-corrected chi connectivity index (χ3v) is 4.73. The van der Waals surface area contributed by atoms with E-state index in [0.29, 0.717) is 18.7 Å². The summed E-state index contributed by atoms with van der Waals surface area (Å²) in [6, 6.07) is 5.75. The molecule has 7 heteroatoms. The Morgan fingerprint density at radius 1 is 1.48 bits per heavy atom. The van der Waals surface area contributed by atoms with Gasteiger partial charge in [0.25, 0.3) is 5.91 Å². The normalized spacial score (nSPS) is 21.0. The number of benzene rings is 1. The molecule has 23 heavy (non-hydrogen) atoms. The van der Waals surface area contributed by atoms with Crippen molar-refractivity contribution < 1.29 is 14.3 Å². The molecule has 0 aromatic heterocycles. The molecule has 3 rings (SSSR count). The fourth-order valence-corrected chi connectivity index (χ4v) is 3.33. The van der Waals surface area contributed by atoms with Crippen LogP contribution in [0, 0.1) is 0 Å². The largest absolute Gasteiger partial charge is 0.482 e. The van der Waals surface area contributed by atoms with E-state index in [1.54, 1.807) is 4.90 Å². The van der Waals surface area contributed by atoms with Crippen LogP contribution in [0.1, 0.15) is 13.3 Å². The Hall–Kier alpha value is -1.60. The van der Waals surface area contributed by atoms with Crippen molar-refractivity contribution in [3.63, 3.8) is 0 Å². The average molecular weight is 382 g/mol. The van der Waals surface area contributed by atoms with Crippen molar-refractivity contribution in [1.29, 1.82) is 0 Å². The highest BCUT2D eigenvalue weighted by molar-refractivity contribution is 9.10. The van der Waals surface area contributed by atoms with Gasteiger partial charge in [0, 0.05) is 43.1 Å². The fourth-order valence-electron chi connectivity index (χ4n) is 2.99. The van der Waals surface area contributed by atoms with Gasteiger partial charge in [-0.2, -0.15) is 0 Å². The monoisotopic (exact) mass is 381 g/mol. The molecule has 2 amide bonds. The molecule has 124 valence electrons. The van der Waals surface area contributed by atoms with Crippen LogP contribution in [-0.4, -0.2) is 55.5 Å². The molecule has 6 nitrogen and oxygen atoms in total. The lowest BCUT2D eigenvalue weighted by atomic mass is 10.2. The van der Waals surface area contributed by atoms with E-state index in [1.807, 2.05) is 30.0 Å². The van der Waals surface area contributed by atoms with Crippen LogP contribution in [0.3, 0.4) is 0 Å². The highest BCUT2D eigenvalue weighted by Gasteiger charge is 2.28. The molecule has 2 aliphatic rings. The Morgan fingerprint density at radius 3 is 3.09 bits per heavy atom. The number of piperazine rings is 1. The lowest BCUT2D eigenvalue weighted by Crippen LogP contribution is -2.53. The van der Waals surface area contributed by atoms with Gasteiger partial charge < -0.3 is 19.9 Å². The van der Waals surface area contributed by atoms with E-state index in [0.717, 1.165) is 29.8 Å². The lowest BCUT2D eigenvalue weighted by Gasteiger charge is -2.35. The number of nitrogens with one attached hydrogen (secondary N) is 1. The summed E-state index contributed by atoms with van der Waals surface area (Å²) in [6.45, 7) is 4.80. The van der Waals surface area contributed by atoms with E-state index in [2.05, 4.69) is 21.2 Å². The van der Waals surface area contributed by atoms with Gasteiger partial charge in [0.1, 0.15) is 5.75 Å². The van der Waals surface area contributed by atoms with E-state index in [4.69, 9.17) is 4.74 Å². The minimum absolute atomic E-state index is 0.0156. The predicted octanol–water partition coefficient (Wildman–Crippen LogP) is 1.38. The van der Waals surface area contributed by atoms with Gasteiger partial charge in [0.2, 0.25) is 5.91 Å². The number of carbonyl (C=O) groups is 2. The van der Waals surface area contributed by atoms with Crippen LogP contribution >= 0.6 is 15.9 Å². The average Bonchev–Trinajstić information content (AvgIpc) is 2.54. The van der Waals surface area contributed by atoms with Crippen LogP contribution < -0.4 is 15.0 Å². The Bertz CT molecular complexity index is 623. The molecule has 0 radical (unpaired) electrons. The molecular formula is C16H20BrN3O3. The number of ether oxygens (including phenoxy) is 1. The summed E-state index contributed by atoms with van der Waals surface area (Å²) in [4.78, 5) is 28.1. The minimum Gasteiger partial charge on any atom is -0.482 e. The van der Waals surface area contributed by atoms with Gasteiger partial charge >= 0.3 is 0 Å². The molecule has 0 bridgehead atoms. The zero-order valence-electron chi connectivity index (χ0n) is 13.0. The molecule has 2 heterocycles. The predicted molar refractivity (Wildman–Crippen MR) is 90.7 cm³/mol. The first kappa shape index (κ1) is 16.3. The first-order chi connectivity index (χ1) is 11.1. The molecule has 0 aliphatic carbocycles. The summed E-state index contributed by atoms with van der Waals surface area (Å²) in [5.41, 5.74) is 0.727. The van der Waals surface area contributed by atoms with E-state index in [9.17, 15) is 9.59 Å². The maximum Gasteiger partial charge on any atom is 0.265 e. The van der Waals surface area contributed by atoms with Crippen molar-refractivity contribution in [2.75, 3.05) is 37.7 Å². The lowest BCUT2D eigenvalue weighted by molar-refractivity contribution is -0.133. The maximum atomic E-state index is 12.4. The number of nitrogens with zero attached hydrogens (tertiary/aromatic N) is 2. The molecule has 2 aliphatic heterocycles. The second-order valence-corrected chi connectivity index (χ2v) is 6.75. The highest BCUT2D eigenvalue weighted by atomic mass is 79.9. The smallest absolute Gasteiger partial charge is 0.265 e. The molecule has 0 spiro atoms. The van der Waals surface area contributed by atoms with Crippen LogP contribution in [0.15, 0.2) is 22.7 Å². The number of fused-ring (bicyclic) bond motifs is 1. The van der Waals surface area contributed by atoms with Crippen molar-refractivity contribution in [3.05, 3.63) is 22.7 Å². The highest BCUT2D eigenvalue weighted by Crippen LogP contribution is 2.34. The van der Waals surface area contributed by atoms with Crippen molar-refractivity contribution in [3.8, 4) is 5.75 Å². The van der Waals surface area contributed by atoms with Crippen LogP contribution in [0.5, 0.6) is 5.75 Å². The molecule has 1 saturated heterocycles. The molecule has 1 aromatic rings. The Balaban J connectivity index is 1.68. The molecular weight excluding hydrogens is 362 g/mol. The zero-order valence-corrected chi connectivity index (χ0v) is 14.6. The molecule has 0 saturated carbocycles. The summed E-state index contributed by atoms with van der Waals surface area (Å²) in [5, 5.41) is 3.27. The van der Waals surface area contributed by atoms with Gasteiger partial charge in [0.15, 0.2) is 6.61 Å². The molecule has 1 fully saturated rings. The van der Waals surface area contributed by atoms with Crippen LogP contribution in [-0.2, 0) is 9.59 Å². The number of hydrogen-bond donors (Lipinski definition) is 1. The van der Waals surface area contributed by atoms with Gasteiger partial charge in [-0.25, -0.2) is 0 Å². The summed E-state index contributed by atoms with van der Waals surface area (Å²) in [6.07, 6.45) is 0.325. The third kappa shape index (κ3) is 3.50. The number of rotatable bonds is 3. The quantitative estimate of drug-likeness (QED) is 0.858. The second-order valence-electron chi connectivity index (χ2n) is 5.84. The number of hydrogen-bond acceptors (Lipinski definition) is 4. The van der Waals surface area contributed by atoms with E-state index >= 15 is 0 Å². The van der Waals surface area contributed by atoms with Crippen LogP contribution in [0.2, 0.25) is 0 Å². The standard InChI is InChI=1S/C16H20BrN3O3/c1-11-9-18-5-7-19(11)15(21)4-6-20-13-3-2-12(17)8-14(13)23-10-16(20)22/h2-3,8,11,18H,4-7,9-10H2,1H3/t11-/m0/s1. The van der Waals surface area contributed by atoms with Gasteiger partial charge in [-0.1, -0.05) is 15.9 Å². The molecule has 1 atom stereocenters. The first-order valence-electron chi connectivity index (χ1n) is 7.79. The number of anilines is 1. The number of halogens is 1. The summed E-state index contributed by atoms with van der Waals surface area (Å²) < 4.78 is 6.36. The number of amides is 2. The zero-order chi connectivity index (χ0) is 16.4. The minimum atomic E-state index is -0.110. The molecule has 0 unspecified atom stereocenters. The van der Waals surface area contributed by atoms with E-state index in [1.165, 1.54) is 0 Å². The first-order valence-corrected chi connectivity index (χ1v) is 8.58. The molecule has 1 aromatic carbocycles. The third-order valence-electron chi connectivity index (χ3n) is 4.24. The Labute approximate surface area is 143 Å². The SMILES string of the molecule is C[C@H]1CNCCN1C(=O)CCN1C(=O)COc2cc(Br)ccc21. The van der Waals surface area contributed by atoms with Crippen molar-refractivity contribution >= 4 is 33.4 Å². The Kier molecular flexibility index (Phi) is 4.87.